The first-order chi connectivity index (χ1) is 9.65. The van der Waals surface area contributed by atoms with Crippen molar-refractivity contribution in [2.75, 3.05) is 11.9 Å². The summed E-state index contributed by atoms with van der Waals surface area (Å²) in [5.41, 5.74) is 0. The van der Waals surface area contributed by atoms with Crippen LogP contribution in [0.3, 0.4) is 0 Å². The molecule has 0 bridgehead atoms. The normalized spacial score (nSPS) is 23.7. The molecule has 7 heteroatoms. The Morgan fingerprint density at radius 2 is 2.10 bits per heavy atom. The van der Waals surface area contributed by atoms with E-state index >= 15 is 0 Å². The van der Waals surface area contributed by atoms with E-state index in [1.54, 1.807) is 12.3 Å². The predicted molar refractivity (Wildman–Crippen MR) is 77.1 cm³/mol. The maximum absolute atomic E-state index is 12.1. The Bertz CT molecular complexity index is 621. The van der Waals surface area contributed by atoms with Crippen LogP contribution >= 0.6 is 0 Å². The number of pyridine rings is 1. The summed E-state index contributed by atoms with van der Waals surface area (Å²) in [6.07, 6.45) is 7.72. The smallest absolute Gasteiger partial charge is 0.267 e. The van der Waals surface area contributed by atoms with Crippen molar-refractivity contribution in [2.24, 2.45) is 10.9 Å². The molecule has 1 saturated carbocycles. The van der Waals surface area contributed by atoms with Crippen LogP contribution in [0.5, 0.6) is 0 Å². The molecule has 0 radical (unpaired) electrons. The molecule has 2 aliphatic rings. The first-order valence-electron chi connectivity index (χ1n) is 6.94. The fraction of sp³-hybridized carbons (Fsp3) is 0.538. The van der Waals surface area contributed by atoms with E-state index in [9.17, 15) is 8.42 Å². The number of hydrogen-bond acceptors (Lipinski definition) is 4. The van der Waals surface area contributed by atoms with Crippen molar-refractivity contribution >= 4 is 21.8 Å². The van der Waals surface area contributed by atoms with Gasteiger partial charge in [-0.15, -0.1) is 0 Å². The third-order valence-electron chi connectivity index (χ3n) is 3.76. The van der Waals surface area contributed by atoms with Crippen molar-refractivity contribution in [3.63, 3.8) is 0 Å². The minimum absolute atomic E-state index is 0.164. The first-order valence-corrected chi connectivity index (χ1v) is 8.43. The lowest BCUT2D eigenvalue weighted by molar-refractivity contribution is 0.367. The van der Waals surface area contributed by atoms with Crippen LogP contribution < -0.4 is 10.0 Å². The lowest BCUT2D eigenvalue weighted by Crippen LogP contribution is -2.41. The number of hydrogen-bond donors (Lipinski definition) is 2. The third kappa shape index (κ3) is 2.77. The summed E-state index contributed by atoms with van der Waals surface area (Å²) in [7, 11) is -3.55. The Labute approximate surface area is 118 Å². The Morgan fingerprint density at radius 1 is 1.30 bits per heavy atom. The molecule has 0 saturated heterocycles. The molecule has 0 unspecified atom stereocenters. The quantitative estimate of drug-likeness (QED) is 0.870. The predicted octanol–water partition coefficient (Wildman–Crippen LogP) is 1.72. The average molecular weight is 294 g/mol. The van der Waals surface area contributed by atoms with E-state index in [1.165, 1.54) is 38.2 Å². The molecular formula is C13H18N4O2S. The van der Waals surface area contributed by atoms with Crippen LogP contribution in [0.25, 0.3) is 0 Å². The Balaban J connectivity index is 1.77. The van der Waals surface area contributed by atoms with Gasteiger partial charge in [-0.1, -0.05) is 19.3 Å². The van der Waals surface area contributed by atoms with Gasteiger partial charge in [-0.05, 0) is 30.9 Å². The van der Waals surface area contributed by atoms with Crippen LogP contribution in [-0.4, -0.2) is 25.9 Å². The van der Waals surface area contributed by atoms with Gasteiger partial charge in [0, 0.05) is 12.7 Å². The van der Waals surface area contributed by atoms with Crippen LogP contribution in [0.15, 0.2) is 28.2 Å². The zero-order valence-corrected chi connectivity index (χ0v) is 12.0. The minimum atomic E-state index is -3.55. The summed E-state index contributed by atoms with van der Waals surface area (Å²) < 4.78 is 26.6. The molecule has 0 spiro atoms. The lowest BCUT2D eigenvalue weighted by atomic mass is 9.89. The molecule has 1 aliphatic carbocycles. The van der Waals surface area contributed by atoms with Gasteiger partial charge in [0.15, 0.2) is 5.82 Å². The molecular weight excluding hydrogens is 276 g/mol. The molecule has 20 heavy (non-hydrogen) atoms. The number of sulfonamides is 1. The van der Waals surface area contributed by atoms with Crippen molar-refractivity contribution in [3.05, 3.63) is 18.3 Å². The van der Waals surface area contributed by atoms with Gasteiger partial charge in [0.1, 0.15) is 4.90 Å². The zero-order chi connectivity index (χ0) is 14.0. The topological polar surface area (TPSA) is 83.5 Å². The summed E-state index contributed by atoms with van der Waals surface area (Å²) in [5.74, 6) is 1.18. The number of nitrogens with zero attached hydrogens (tertiary/aromatic N) is 2. The fourth-order valence-corrected chi connectivity index (χ4v) is 3.78. The number of guanidine groups is 1. The van der Waals surface area contributed by atoms with Crippen LogP contribution in [0.1, 0.15) is 32.1 Å². The van der Waals surface area contributed by atoms with Crippen LogP contribution in [0, 0.1) is 5.92 Å². The van der Waals surface area contributed by atoms with Crippen LogP contribution in [0.4, 0.5) is 5.82 Å². The summed E-state index contributed by atoms with van der Waals surface area (Å²) in [4.78, 5) is 8.59. The van der Waals surface area contributed by atoms with E-state index in [-0.39, 0.29) is 10.9 Å². The van der Waals surface area contributed by atoms with Gasteiger partial charge in [-0.2, -0.15) is 0 Å². The lowest BCUT2D eigenvalue weighted by Gasteiger charge is -2.22. The van der Waals surface area contributed by atoms with E-state index in [4.69, 9.17) is 0 Å². The molecule has 2 N–H and O–H groups in total. The van der Waals surface area contributed by atoms with Crippen LogP contribution in [0.2, 0.25) is 0 Å². The average Bonchev–Trinajstić information content (AvgIpc) is 2.46. The van der Waals surface area contributed by atoms with Gasteiger partial charge < -0.3 is 5.32 Å². The number of aliphatic imine (C=N–C) groups is 1. The van der Waals surface area contributed by atoms with E-state index < -0.39 is 10.0 Å². The maximum Gasteiger partial charge on any atom is 0.267 e. The second kappa shape index (κ2) is 5.40. The van der Waals surface area contributed by atoms with E-state index in [0.717, 1.165) is 0 Å². The number of rotatable bonds is 2. The van der Waals surface area contributed by atoms with Crippen molar-refractivity contribution < 1.29 is 8.42 Å². The zero-order valence-electron chi connectivity index (χ0n) is 11.2. The fourth-order valence-electron chi connectivity index (χ4n) is 2.68. The molecule has 6 nitrogen and oxygen atoms in total. The Morgan fingerprint density at radius 3 is 2.90 bits per heavy atom. The largest absolute Gasteiger partial charge is 0.309 e. The highest BCUT2D eigenvalue weighted by Crippen LogP contribution is 2.24. The van der Waals surface area contributed by atoms with Crippen molar-refractivity contribution in [1.29, 1.82) is 0 Å². The van der Waals surface area contributed by atoms with E-state index in [0.29, 0.717) is 18.3 Å². The molecule has 1 aromatic rings. The molecule has 3 rings (SSSR count). The first kappa shape index (κ1) is 13.4. The summed E-state index contributed by atoms with van der Waals surface area (Å²) in [6, 6.07) is 3.12. The van der Waals surface area contributed by atoms with E-state index in [1.807, 2.05) is 0 Å². The van der Waals surface area contributed by atoms with Crippen LogP contribution in [-0.2, 0) is 10.0 Å². The highest BCUT2D eigenvalue weighted by Gasteiger charge is 2.27. The second-order valence-electron chi connectivity index (χ2n) is 5.27. The molecule has 2 heterocycles. The number of aromatic nitrogens is 1. The molecule has 1 fully saturated rings. The number of fused-ring (bicyclic) bond motifs is 1. The third-order valence-corrected chi connectivity index (χ3v) is 5.13. The standard InChI is InChI=1S/C13H18N4O2S/c18-20(19)11-7-4-8-14-12(11)16-13(17-20)15-9-10-5-2-1-3-6-10/h4,7-8,10H,1-3,5-6,9H2,(H2,14,15,16,17). The number of nitrogens with one attached hydrogen (secondary N) is 2. The van der Waals surface area contributed by atoms with Gasteiger partial charge >= 0.3 is 0 Å². The molecule has 1 aromatic heterocycles. The molecule has 0 aromatic carbocycles. The Kier molecular flexibility index (Phi) is 3.60. The van der Waals surface area contributed by atoms with Gasteiger partial charge in [0.05, 0.1) is 0 Å². The second-order valence-corrected chi connectivity index (χ2v) is 6.92. The monoisotopic (exact) mass is 294 g/mol. The highest BCUT2D eigenvalue weighted by molar-refractivity contribution is 7.90. The SMILES string of the molecule is O=S1(=O)NC(=NCC2CCCCC2)Nc2ncccc21. The molecule has 108 valence electrons. The summed E-state index contributed by atoms with van der Waals surface area (Å²) >= 11 is 0. The van der Waals surface area contributed by atoms with Gasteiger partial charge in [-0.3, -0.25) is 4.99 Å². The van der Waals surface area contributed by atoms with Crippen molar-refractivity contribution in [3.8, 4) is 0 Å². The summed E-state index contributed by atoms with van der Waals surface area (Å²) in [6.45, 7) is 0.660. The summed E-state index contributed by atoms with van der Waals surface area (Å²) in [5, 5.41) is 2.94. The van der Waals surface area contributed by atoms with Gasteiger partial charge in [-0.25, -0.2) is 18.1 Å². The maximum atomic E-state index is 12.1. The van der Waals surface area contributed by atoms with Crippen molar-refractivity contribution in [1.82, 2.24) is 9.71 Å². The molecule has 1 aliphatic heterocycles. The van der Waals surface area contributed by atoms with E-state index in [2.05, 4.69) is 20.0 Å². The minimum Gasteiger partial charge on any atom is -0.309 e. The molecule has 0 atom stereocenters. The number of anilines is 1. The highest BCUT2D eigenvalue weighted by atomic mass is 32.2. The van der Waals surface area contributed by atoms with Crippen molar-refractivity contribution in [2.45, 2.75) is 37.0 Å². The molecule has 0 amide bonds. The Hall–Kier alpha value is -1.63. The van der Waals surface area contributed by atoms with Gasteiger partial charge in [0.2, 0.25) is 5.96 Å². The van der Waals surface area contributed by atoms with Gasteiger partial charge in [0.25, 0.3) is 10.0 Å².